The van der Waals surface area contributed by atoms with Crippen molar-refractivity contribution in [3.05, 3.63) is 28.8 Å². The first kappa shape index (κ1) is 13.7. The first-order valence-electron chi connectivity index (χ1n) is 5.29. The van der Waals surface area contributed by atoms with Gasteiger partial charge in [-0.05, 0) is 38.7 Å². The SMILES string of the molecule is CCOc1ccc(C(CS)N(C)C)cc1Cl. The molecule has 1 aromatic rings. The highest BCUT2D eigenvalue weighted by Gasteiger charge is 2.13. The van der Waals surface area contributed by atoms with Crippen LogP contribution in [-0.2, 0) is 0 Å². The molecule has 0 aromatic heterocycles. The van der Waals surface area contributed by atoms with Crippen LogP contribution in [0.3, 0.4) is 0 Å². The predicted molar refractivity (Wildman–Crippen MR) is 72.9 cm³/mol. The van der Waals surface area contributed by atoms with Gasteiger partial charge in [0.2, 0.25) is 0 Å². The minimum absolute atomic E-state index is 0.275. The van der Waals surface area contributed by atoms with Crippen LogP contribution in [0.2, 0.25) is 5.02 Å². The highest BCUT2D eigenvalue weighted by atomic mass is 35.5. The smallest absolute Gasteiger partial charge is 0.137 e. The van der Waals surface area contributed by atoms with Crippen molar-refractivity contribution >= 4 is 24.2 Å². The summed E-state index contributed by atoms with van der Waals surface area (Å²) in [6, 6.07) is 6.18. The molecule has 0 fully saturated rings. The van der Waals surface area contributed by atoms with E-state index in [0.29, 0.717) is 11.6 Å². The number of rotatable bonds is 5. The number of ether oxygens (including phenoxy) is 1. The van der Waals surface area contributed by atoms with E-state index in [0.717, 1.165) is 17.1 Å². The summed E-state index contributed by atoms with van der Waals surface area (Å²) in [5.41, 5.74) is 1.16. The molecule has 0 aliphatic carbocycles. The minimum Gasteiger partial charge on any atom is -0.492 e. The van der Waals surface area contributed by atoms with Gasteiger partial charge in [0.05, 0.1) is 11.6 Å². The van der Waals surface area contributed by atoms with Crippen LogP contribution in [0.15, 0.2) is 18.2 Å². The summed E-state index contributed by atoms with van der Waals surface area (Å²) in [6.07, 6.45) is 0. The van der Waals surface area contributed by atoms with Crippen LogP contribution in [0.25, 0.3) is 0 Å². The number of hydrogen-bond acceptors (Lipinski definition) is 3. The average molecular weight is 260 g/mol. The second kappa shape index (κ2) is 6.38. The zero-order valence-corrected chi connectivity index (χ0v) is 11.6. The van der Waals surface area contributed by atoms with Gasteiger partial charge in [-0.2, -0.15) is 12.6 Å². The van der Waals surface area contributed by atoms with Crippen LogP contribution in [-0.4, -0.2) is 31.4 Å². The first-order valence-corrected chi connectivity index (χ1v) is 6.30. The molecule has 1 atom stereocenters. The van der Waals surface area contributed by atoms with Gasteiger partial charge >= 0.3 is 0 Å². The van der Waals surface area contributed by atoms with Crippen molar-refractivity contribution in [2.45, 2.75) is 13.0 Å². The fourth-order valence-electron chi connectivity index (χ4n) is 1.56. The van der Waals surface area contributed by atoms with Crippen LogP contribution >= 0.6 is 24.2 Å². The summed E-state index contributed by atoms with van der Waals surface area (Å²) in [5, 5.41) is 0.660. The molecule has 0 aliphatic rings. The van der Waals surface area contributed by atoms with Gasteiger partial charge in [0.1, 0.15) is 5.75 Å². The van der Waals surface area contributed by atoms with Crippen LogP contribution in [0, 0.1) is 0 Å². The molecule has 0 spiro atoms. The van der Waals surface area contributed by atoms with Crippen molar-refractivity contribution in [3.63, 3.8) is 0 Å². The van der Waals surface area contributed by atoms with Crippen molar-refractivity contribution in [2.75, 3.05) is 26.5 Å². The molecule has 0 bridgehead atoms. The van der Waals surface area contributed by atoms with Crippen molar-refractivity contribution in [1.29, 1.82) is 0 Å². The maximum Gasteiger partial charge on any atom is 0.137 e. The van der Waals surface area contributed by atoms with E-state index in [4.69, 9.17) is 16.3 Å². The average Bonchev–Trinajstić information content (AvgIpc) is 2.22. The second-order valence-corrected chi connectivity index (χ2v) is 4.56. The molecule has 16 heavy (non-hydrogen) atoms. The van der Waals surface area contributed by atoms with Gasteiger partial charge in [-0.15, -0.1) is 0 Å². The Morgan fingerprint density at radius 2 is 2.12 bits per heavy atom. The molecule has 1 unspecified atom stereocenters. The summed E-state index contributed by atoms with van der Waals surface area (Å²) in [6.45, 7) is 2.57. The van der Waals surface area contributed by atoms with Gasteiger partial charge in [-0.3, -0.25) is 0 Å². The predicted octanol–water partition coefficient (Wildman–Crippen LogP) is 3.27. The largest absolute Gasteiger partial charge is 0.492 e. The lowest BCUT2D eigenvalue weighted by atomic mass is 10.1. The molecule has 0 amide bonds. The Morgan fingerprint density at radius 3 is 2.56 bits per heavy atom. The number of benzene rings is 1. The van der Waals surface area contributed by atoms with E-state index in [1.807, 2.05) is 39.2 Å². The molecule has 90 valence electrons. The molecule has 0 N–H and O–H groups in total. The normalized spacial score (nSPS) is 12.9. The van der Waals surface area contributed by atoms with Gasteiger partial charge < -0.3 is 9.64 Å². The summed E-state index contributed by atoms with van der Waals surface area (Å²) in [4.78, 5) is 2.12. The van der Waals surface area contributed by atoms with E-state index in [1.165, 1.54) is 0 Å². The summed E-state index contributed by atoms with van der Waals surface area (Å²) < 4.78 is 5.40. The zero-order valence-electron chi connectivity index (χ0n) is 9.90. The fraction of sp³-hybridized carbons (Fsp3) is 0.500. The summed E-state index contributed by atoms with van der Waals surface area (Å²) in [5.74, 6) is 1.50. The van der Waals surface area contributed by atoms with Crippen LogP contribution in [0.5, 0.6) is 5.75 Å². The Morgan fingerprint density at radius 1 is 1.44 bits per heavy atom. The monoisotopic (exact) mass is 259 g/mol. The number of halogens is 1. The molecular weight excluding hydrogens is 242 g/mol. The highest BCUT2D eigenvalue weighted by Crippen LogP contribution is 2.29. The van der Waals surface area contributed by atoms with Crippen LogP contribution < -0.4 is 4.74 Å². The topological polar surface area (TPSA) is 12.5 Å². The van der Waals surface area contributed by atoms with Gasteiger partial charge in [-0.1, -0.05) is 17.7 Å². The molecule has 0 heterocycles. The molecule has 1 aromatic carbocycles. The molecule has 0 saturated carbocycles. The Balaban J connectivity index is 2.95. The van der Waals surface area contributed by atoms with Crippen molar-refractivity contribution in [2.24, 2.45) is 0 Å². The van der Waals surface area contributed by atoms with E-state index in [2.05, 4.69) is 17.5 Å². The molecule has 0 saturated heterocycles. The Bertz CT molecular complexity index is 344. The van der Waals surface area contributed by atoms with E-state index in [-0.39, 0.29) is 6.04 Å². The number of nitrogens with zero attached hydrogens (tertiary/aromatic N) is 1. The third kappa shape index (κ3) is 3.30. The Hall–Kier alpha value is -0.380. The summed E-state index contributed by atoms with van der Waals surface area (Å²) in [7, 11) is 4.07. The number of hydrogen-bond donors (Lipinski definition) is 1. The lowest BCUT2D eigenvalue weighted by Gasteiger charge is -2.23. The molecule has 2 nitrogen and oxygen atoms in total. The molecule has 1 rings (SSSR count). The zero-order chi connectivity index (χ0) is 12.1. The minimum atomic E-state index is 0.275. The van der Waals surface area contributed by atoms with Gasteiger partial charge in [0.15, 0.2) is 0 Å². The van der Waals surface area contributed by atoms with Gasteiger partial charge in [0.25, 0.3) is 0 Å². The lowest BCUT2D eigenvalue weighted by Crippen LogP contribution is -2.21. The van der Waals surface area contributed by atoms with Crippen molar-refractivity contribution in [1.82, 2.24) is 4.90 Å². The van der Waals surface area contributed by atoms with Gasteiger partial charge in [-0.25, -0.2) is 0 Å². The maximum atomic E-state index is 6.15. The Kier molecular flexibility index (Phi) is 5.46. The summed E-state index contributed by atoms with van der Waals surface area (Å²) >= 11 is 10.5. The fourth-order valence-corrected chi connectivity index (χ4v) is 2.34. The Labute approximate surface area is 108 Å². The van der Waals surface area contributed by atoms with E-state index in [1.54, 1.807) is 0 Å². The third-order valence-corrected chi connectivity index (χ3v) is 3.08. The van der Waals surface area contributed by atoms with E-state index >= 15 is 0 Å². The van der Waals surface area contributed by atoms with Crippen molar-refractivity contribution in [3.8, 4) is 5.75 Å². The second-order valence-electron chi connectivity index (χ2n) is 3.78. The lowest BCUT2D eigenvalue weighted by molar-refractivity contribution is 0.324. The third-order valence-electron chi connectivity index (χ3n) is 2.44. The van der Waals surface area contributed by atoms with Gasteiger partial charge in [0, 0.05) is 11.8 Å². The van der Waals surface area contributed by atoms with Crippen LogP contribution in [0.4, 0.5) is 0 Å². The molecular formula is C12H18ClNOS. The first-order chi connectivity index (χ1) is 7.60. The van der Waals surface area contributed by atoms with E-state index < -0.39 is 0 Å². The van der Waals surface area contributed by atoms with E-state index in [9.17, 15) is 0 Å². The van der Waals surface area contributed by atoms with Crippen LogP contribution in [0.1, 0.15) is 18.5 Å². The number of thiol groups is 1. The van der Waals surface area contributed by atoms with Crippen molar-refractivity contribution < 1.29 is 4.74 Å². The maximum absolute atomic E-state index is 6.15. The molecule has 4 heteroatoms. The molecule has 0 aliphatic heterocycles. The quantitative estimate of drug-likeness (QED) is 0.815. The standard InChI is InChI=1S/C12H18ClNOS/c1-4-15-12-6-5-9(7-10(12)13)11(8-16)14(2)3/h5-7,11,16H,4,8H2,1-3H3. The molecule has 0 radical (unpaired) electrons. The highest BCUT2D eigenvalue weighted by molar-refractivity contribution is 7.80.